The molecule has 0 aliphatic carbocycles. The summed E-state index contributed by atoms with van der Waals surface area (Å²) in [4.78, 5) is 15.3. The van der Waals surface area contributed by atoms with Crippen LogP contribution in [0.2, 0.25) is 0 Å². The number of hydrogen-bond donors (Lipinski definition) is 2. The Morgan fingerprint density at radius 3 is 2.95 bits per heavy atom. The lowest BCUT2D eigenvalue weighted by Gasteiger charge is -2.19. The number of carboxylic acids is 1. The molecule has 6 nitrogen and oxygen atoms in total. The van der Waals surface area contributed by atoms with Gasteiger partial charge in [-0.25, -0.2) is 9.50 Å². The lowest BCUT2D eigenvalue weighted by Crippen LogP contribution is -2.26. The minimum Gasteiger partial charge on any atom is -0.481 e. The largest absolute Gasteiger partial charge is 0.481 e. The van der Waals surface area contributed by atoms with Crippen LogP contribution in [0.5, 0.6) is 0 Å². The zero-order chi connectivity index (χ0) is 14.0. The molecule has 2 heterocycles. The molecule has 0 spiro atoms. The van der Waals surface area contributed by atoms with E-state index in [0.717, 1.165) is 17.0 Å². The average Bonchev–Trinajstić information content (AvgIpc) is 2.70. The van der Waals surface area contributed by atoms with Gasteiger partial charge in [-0.1, -0.05) is 0 Å². The van der Waals surface area contributed by atoms with E-state index < -0.39 is 11.4 Å². The molecule has 2 N–H and O–H groups in total. The third-order valence-corrected chi connectivity index (χ3v) is 3.13. The number of aryl methyl sites for hydroxylation is 1. The van der Waals surface area contributed by atoms with Crippen LogP contribution in [0.25, 0.3) is 5.52 Å². The quantitative estimate of drug-likeness (QED) is 0.861. The van der Waals surface area contributed by atoms with Crippen molar-refractivity contribution in [1.29, 1.82) is 0 Å². The Labute approximate surface area is 111 Å². The zero-order valence-corrected chi connectivity index (χ0v) is 11.3. The van der Waals surface area contributed by atoms with Crippen LogP contribution in [0.4, 0.5) is 5.82 Å². The number of aromatic nitrogens is 3. The second-order valence-corrected chi connectivity index (χ2v) is 5.26. The van der Waals surface area contributed by atoms with E-state index in [1.165, 1.54) is 0 Å². The van der Waals surface area contributed by atoms with Gasteiger partial charge in [-0.05, 0) is 33.3 Å². The molecule has 6 heteroatoms. The van der Waals surface area contributed by atoms with Gasteiger partial charge in [0.1, 0.15) is 5.52 Å². The highest BCUT2D eigenvalue weighted by atomic mass is 16.4. The van der Waals surface area contributed by atoms with Crippen LogP contribution in [-0.4, -0.2) is 32.2 Å². The van der Waals surface area contributed by atoms with Gasteiger partial charge in [-0.15, -0.1) is 0 Å². The van der Waals surface area contributed by atoms with Gasteiger partial charge in [0.05, 0.1) is 11.1 Å². The number of carboxylic acid groups (broad SMARTS) is 1. The molecule has 0 unspecified atom stereocenters. The number of fused-ring (bicyclic) bond motifs is 1. The Kier molecular flexibility index (Phi) is 3.42. The summed E-state index contributed by atoms with van der Waals surface area (Å²) in [5.41, 5.74) is 1.07. The van der Waals surface area contributed by atoms with Crippen LogP contribution in [0.15, 0.2) is 18.5 Å². The van der Waals surface area contributed by atoms with Crippen molar-refractivity contribution in [3.8, 4) is 0 Å². The topological polar surface area (TPSA) is 79.5 Å². The first-order chi connectivity index (χ1) is 8.90. The minimum atomic E-state index is -0.791. The zero-order valence-electron chi connectivity index (χ0n) is 11.3. The number of hydrogen-bond acceptors (Lipinski definition) is 4. The van der Waals surface area contributed by atoms with E-state index in [0.29, 0.717) is 13.0 Å². The van der Waals surface area contributed by atoms with E-state index in [1.54, 1.807) is 30.8 Å². The number of anilines is 1. The highest BCUT2D eigenvalue weighted by molar-refractivity contribution is 5.73. The second kappa shape index (κ2) is 4.87. The van der Waals surface area contributed by atoms with E-state index in [-0.39, 0.29) is 0 Å². The first kappa shape index (κ1) is 13.3. The van der Waals surface area contributed by atoms with E-state index in [1.807, 2.05) is 13.0 Å². The monoisotopic (exact) mass is 262 g/mol. The lowest BCUT2D eigenvalue weighted by molar-refractivity contribution is -0.147. The van der Waals surface area contributed by atoms with E-state index in [2.05, 4.69) is 15.4 Å². The van der Waals surface area contributed by atoms with Crippen molar-refractivity contribution < 1.29 is 9.90 Å². The number of nitrogens with zero attached hydrogens (tertiary/aromatic N) is 3. The summed E-state index contributed by atoms with van der Waals surface area (Å²) < 4.78 is 1.76. The summed E-state index contributed by atoms with van der Waals surface area (Å²) in [5.74, 6) is -0.0649. The molecule has 0 aromatic carbocycles. The minimum absolute atomic E-state index is 0.526. The maximum absolute atomic E-state index is 11.0. The fourth-order valence-corrected chi connectivity index (χ4v) is 1.78. The summed E-state index contributed by atoms with van der Waals surface area (Å²) in [6.45, 7) is 5.91. The summed E-state index contributed by atoms with van der Waals surface area (Å²) in [5, 5.41) is 16.5. The van der Waals surface area contributed by atoms with Gasteiger partial charge < -0.3 is 10.4 Å². The van der Waals surface area contributed by atoms with E-state index in [4.69, 9.17) is 5.11 Å². The maximum Gasteiger partial charge on any atom is 0.309 e. The molecule has 0 saturated heterocycles. The number of carbonyl (C=O) groups is 1. The molecule has 0 saturated carbocycles. The molecule has 2 rings (SSSR count). The fourth-order valence-electron chi connectivity index (χ4n) is 1.78. The predicted octanol–water partition coefficient (Wildman–Crippen LogP) is 1.95. The molecule has 19 heavy (non-hydrogen) atoms. The molecule has 0 amide bonds. The van der Waals surface area contributed by atoms with Crippen LogP contribution >= 0.6 is 0 Å². The Morgan fingerprint density at radius 1 is 1.53 bits per heavy atom. The molecule has 2 aromatic rings. The van der Waals surface area contributed by atoms with E-state index >= 15 is 0 Å². The van der Waals surface area contributed by atoms with Crippen molar-refractivity contribution in [1.82, 2.24) is 14.6 Å². The van der Waals surface area contributed by atoms with Crippen LogP contribution in [0, 0.1) is 12.3 Å². The lowest BCUT2D eigenvalue weighted by atomic mass is 9.90. The molecule has 0 fully saturated rings. The molecule has 2 aromatic heterocycles. The van der Waals surface area contributed by atoms with Crippen molar-refractivity contribution in [2.75, 3.05) is 11.9 Å². The highest BCUT2D eigenvalue weighted by Crippen LogP contribution is 2.21. The van der Waals surface area contributed by atoms with Gasteiger partial charge >= 0.3 is 5.97 Å². The van der Waals surface area contributed by atoms with Crippen molar-refractivity contribution in [2.24, 2.45) is 5.41 Å². The number of rotatable bonds is 5. The summed E-state index contributed by atoms with van der Waals surface area (Å²) in [6, 6.07) is 1.94. The predicted molar refractivity (Wildman–Crippen MR) is 72.2 cm³/mol. The van der Waals surface area contributed by atoms with E-state index in [9.17, 15) is 4.79 Å². The molecule has 102 valence electrons. The third-order valence-electron chi connectivity index (χ3n) is 3.13. The van der Waals surface area contributed by atoms with Gasteiger partial charge in [0, 0.05) is 18.9 Å². The summed E-state index contributed by atoms with van der Waals surface area (Å²) >= 11 is 0. The molecule has 0 aliphatic heterocycles. The SMILES string of the molecule is Cc1cc2c(NCCC(C)(C)C(=O)O)nccn2n1. The van der Waals surface area contributed by atoms with Crippen LogP contribution in [0.1, 0.15) is 26.0 Å². The Balaban J connectivity index is 2.08. The normalized spacial score (nSPS) is 11.7. The third kappa shape index (κ3) is 2.83. The molecule has 0 bridgehead atoms. The van der Waals surface area contributed by atoms with Crippen molar-refractivity contribution in [3.63, 3.8) is 0 Å². The molecule has 0 radical (unpaired) electrons. The maximum atomic E-state index is 11.0. The van der Waals surface area contributed by atoms with Gasteiger partial charge in [0.25, 0.3) is 0 Å². The first-order valence-corrected chi connectivity index (χ1v) is 6.18. The fraction of sp³-hybridized carbons (Fsp3) is 0.462. The molecular formula is C13H18N4O2. The number of nitrogens with one attached hydrogen (secondary N) is 1. The number of aliphatic carboxylic acids is 1. The molecule has 0 aliphatic rings. The van der Waals surface area contributed by atoms with Gasteiger partial charge in [-0.3, -0.25) is 4.79 Å². The highest BCUT2D eigenvalue weighted by Gasteiger charge is 2.26. The average molecular weight is 262 g/mol. The standard InChI is InChI=1S/C13H18N4O2/c1-9-8-10-11(15-6-7-17(10)16-9)14-5-4-13(2,3)12(18)19/h6-8H,4-5H2,1-3H3,(H,14,15)(H,18,19). The van der Waals surface area contributed by atoms with Gasteiger partial charge in [0.2, 0.25) is 0 Å². The summed E-state index contributed by atoms with van der Waals surface area (Å²) in [6.07, 6.45) is 3.98. The van der Waals surface area contributed by atoms with Crippen molar-refractivity contribution >= 4 is 17.3 Å². The van der Waals surface area contributed by atoms with Gasteiger partial charge in [0.15, 0.2) is 5.82 Å². The second-order valence-electron chi connectivity index (χ2n) is 5.26. The smallest absolute Gasteiger partial charge is 0.309 e. The van der Waals surface area contributed by atoms with Crippen molar-refractivity contribution in [2.45, 2.75) is 27.2 Å². The van der Waals surface area contributed by atoms with Crippen LogP contribution in [0.3, 0.4) is 0 Å². The molecular weight excluding hydrogens is 244 g/mol. The van der Waals surface area contributed by atoms with Gasteiger partial charge in [-0.2, -0.15) is 5.10 Å². The Hall–Kier alpha value is -2.11. The van der Waals surface area contributed by atoms with Crippen LogP contribution < -0.4 is 5.32 Å². The van der Waals surface area contributed by atoms with Crippen molar-refractivity contribution in [3.05, 3.63) is 24.2 Å². The first-order valence-electron chi connectivity index (χ1n) is 6.18. The van der Waals surface area contributed by atoms with Crippen LogP contribution in [-0.2, 0) is 4.79 Å². The summed E-state index contributed by atoms with van der Waals surface area (Å²) in [7, 11) is 0. The Bertz CT molecular complexity index is 604. The Morgan fingerprint density at radius 2 is 2.26 bits per heavy atom. The molecule has 0 atom stereocenters.